The van der Waals surface area contributed by atoms with E-state index in [0.29, 0.717) is 22.8 Å². The molecule has 0 saturated heterocycles. The van der Waals surface area contributed by atoms with Gasteiger partial charge < -0.3 is 11.1 Å². The van der Waals surface area contributed by atoms with Gasteiger partial charge in [-0.15, -0.1) is 0 Å². The van der Waals surface area contributed by atoms with Crippen LogP contribution in [0, 0.1) is 0 Å². The third-order valence-corrected chi connectivity index (χ3v) is 3.24. The predicted octanol–water partition coefficient (Wildman–Crippen LogP) is 1.39. The normalized spacial score (nSPS) is 12.8. The molecule has 0 aliphatic rings. The predicted molar refractivity (Wildman–Crippen MR) is 76.8 cm³/mol. The molecule has 0 radical (unpaired) electrons. The summed E-state index contributed by atoms with van der Waals surface area (Å²) < 4.78 is 24.5. The lowest BCUT2D eigenvalue weighted by molar-refractivity contribution is -0.117. The first kappa shape index (κ1) is 15.7. The highest BCUT2D eigenvalue weighted by molar-refractivity contribution is 7.92. The first-order valence-corrected chi connectivity index (χ1v) is 7.83. The zero-order valence-electron chi connectivity index (χ0n) is 10.6. The summed E-state index contributed by atoms with van der Waals surface area (Å²) in [7, 11) is -3.39. The summed E-state index contributed by atoms with van der Waals surface area (Å²) in [6, 6.07) is 3.78. The van der Waals surface area contributed by atoms with Crippen molar-refractivity contribution < 1.29 is 13.2 Å². The number of benzene rings is 1. The molecule has 0 aliphatic carbocycles. The van der Waals surface area contributed by atoms with Crippen molar-refractivity contribution in [3.8, 4) is 0 Å². The van der Waals surface area contributed by atoms with Crippen molar-refractivity contribution in [3.05, 3.63) is 23.2 Å². The minimum Gasteiger partial charge on any atom is -0.323 e. The van der Waals surface area contributed by atoms with Crippen LogP contribution in [0.1, 0.15) is 13.3 Å². The highest BCUT2D eigenvalue weighted by atomic mass is 35.5. The maximum atomic E-state index is 11.7. The van der Waals surface area contributed by atoms with Crippen LogP contribution in [-0.4, -0.2) is 26.6 Å². The Hall–Kier alpha value is -1.31. The van der Waals surface area contributed by atoms with Crippen LogP contribution in [-0.2, 0) is 14.8 Å². The summed E-state index contributed by atoms with van der Waals surface area (Å²) >= 11 is 5.93. The summed E-state index contributed by atoms with van der Waals surface area (Å²) in [5, 5.41) is 2.86. The average molecular weight is 306 g/mol. The molecule has 4 N–H and O–H groups in total. The standard InChI is InChI=1S/C11H16ClN3O3S/c1-3-9(13)11(16)14-10-6-7(4-5-8(10)12)15-19(2,17)18/h4-6,9,15H,3,13H2,1-2H3,(H,14,16)/t9-/m1/s1. The van der Waals surface area contributed by atoms with E-state index in [9.17, 15) is 13.2 Å². The van der Waals surface area contributed by atoms with Crippen molar-refractivity contribution >= 4 is 38.9 Å². The van der Waals surface area contributed by atoms with Gasteiger partial charge in [0.2, 0.25) is 15.9 Å². The van der Waals surface area contributed by atoms with Crippen LogP contribution in [0.3, 0.4) is 0 Å². The van der Waals surface area contributed by atoms with Gasteiger partial charge in [-0.3, -0.25) is 9.52 Å². The number of hydrogen-bond acceptors (Lipinski definition) is 4. The summed E-state index contributed by atoms with van der Waals surface area (Å²) in [5.41, 5.74) is 6.21. The van der Waals surface area contributed by atoms with Gasteiger partial charge in [0.05, 0.1) is 28.7 Å². The second-order valence-electron chi connectivity index (χ2n) is 4.07. The molecule has 0 saturated carbocycles. The molecule has 0 aromatic heterocycles. The third-order valence-electron chi connectivity index (χ3n) is 2.30. The van der Waals surface area contributed by atoms with Crippen LogP contribution in [0.5, 0.6) is 0 Å². The van der Waals surface area contributed by atoms with E-state index < -0.39 is 16.1 Å². The van der Waals surface area contributed by atoms with Crippen molar-refractivity contribution in [1.82, 2.24) is 0 Å². The molecule has 1 aromatic carbocycles. The molecule has 1 aromatic rings. The fraction of sp³-hybridized carbons (Fsp3) is 0.364. The van der Waals surface area contributed by atoms with Crippen molar-refractivity contribution in [2.75, 3.05) is 16.3 Å². The monoisotopic (exact) mass is 305 g/mol. The molecular formula is C11H16ClN3O3S. The van der Waals surface area contributed by atoms with E-state index in [4.69, 9.17) is 17.3 Å². The molecule has 8 heteroatoms. The van der Waals surface area contributed by atoms with Crippen molar-refractivity contribution in [2.24, 2.45) is 5.73 Å². The van der Waals surface area contributed by atoms with Crippen LogP contribution in [0.2, 0.25) is 5.02 Å². The molecule has 6 nitrogen and oxygen atoms in total. The highest BCUT2D eigenvalue weighted by Gasteiger charge is 2.13. The zero-order chi connectivity index (χ0) is 14.6. The van der Waals surface area contributed by atoms with Crippen LogP contribution in [0.4, 0.5) is 11.4 Å². The Morgan fingerprint density at radius 3 is 2.63 bits per heavy atom. The second-order valence-corrected chi connectivity index (χ2v) is 6.23. The molecule has 0 bridgehead atoms. The Kier molecular flexibility index (Phi) is 5.16. The summed E-state index contributed by atoms with van der Waals surface area (Å²) in [6.07, 6.45) is 1.53. The minimum absolute atomic E-state index is 0.302. The number of hydrogen-bond donors (Lipinski definition) is 3. The van der Waals surface area contributed by atoms with Gasteiger partial charge in [-0.25, -0.2) is 8.42 Å². The molecule has 0 unspecified atom stereocenters. The van der Waals surface area contributed by atoms with Gasteiger partial charge in [-0.1, -0.05) is 18.5 Å². The highest BCUT2D eigenvalue weighted by Crippen LogP contribution is 2.26. The molecular weight excluding hydrogens is 290 g/mol. The van der Waals surface area contributed by atoms with Gasteiger partial charge in [-0.05, 0) is 24.6 Å². The third kappa shape index (κ3) is 5.06. The molecule has 106 valence electrons. The van der Waals surface area contributed by atoms with Gasteiger partial charge in [0.25, 0.3) is 0 Å². The van der Waals surface area contributed by atoms with Crippen molar-refractivity contribution in [1.29, 1.82) is 0 Å². The quantitative estimate of drug-likeness (QED) is 0.765. The number of amides is 1. The molecule has 1 atom stereocenters. The first-order chi connectivity index (χ1) is 8.73. The zero-order valence-corrected chi connectivity index (χ0v) is 12.2. The lowest BCUT2D eigenvalue weighted by atomic mass is 10.2. The van der Waals surface area contributed by atoms with Crippen molar-refractivity contribution in [2.45, 2.75) is 19.4 Å². The number of nitrogens with two attached hydrogens (primary N) is 1. The van der Waals surface area contributed by atoms with Crippen LogP contribution in [0.15, 0.2) is 18.2 Å². The topological polar surface area (TPSA) is 101 Å². The summed E-state index contributed by atoms with van der Waals surface area (Å²) in [6.45, 7) is 1.79. The maximum absolute atomic E-state index is 11.7. The molecule has 0 fully saturated rings. The fourth-order valence-electron chi connectivity index (χ4n) is 1.31. The lowest BCUT2D eigenvalue weighted by Crippen LogP contribution is -2.34. The summed E-state index contributed by atoms with van der Waals surface area (Å²) in [4.78, 5) is 11.7. The summed E-state index contributed by atoms with van der Waals surface area (Å²) in [5.74, 6) is -0.374. The molecule has 19 heavy (non-hydrogen) atoms. The fourth-order valence-corrected chi connectivity index (χ4v) is 2.03. The SMILES string of the molecule is CC[C@@H](N)C(=O)Nc1cc(NS(C)(=O)=O)ccc1Cl. The number of carbonyl (C=O) groups excluding carboxylic acids is 1. The Morgan fingerprint density at radius 2 is 2.11 bits per heavy atom. The largest absolute Gasteiger partial charge is 0.323 e. The van der Waals surface area contributed by atoms with Gasteiger partial charge in [0, 0.05) is 0 Å². The Balaban J connectivity index is 2.95. The maximum Gasteiger partial charge on any atom is 0.241 e. The number of halogens is 1. The van der Waals surface area contributed by atoms with Crippen LogP contribution < -0.4 is 15.8 Å². The Labute approximate surface area is 117 Å². The van der Waals surface area contributed by atoms with E-state index in [-0.39, 0.29) is 5.91 Å². The lowest BCUT2D eigenvalue weighted by Gasteiger charge is -2.13. The van der Waals surface area contributed by atoms with E-state index in [1.807, 2.05) is 0 Å². The average Bonchev–Trinajstić information content (AvgIpc) is 2.30. The van der Waals surface area contributed by atoms with E-state index in [0.717, 1.165) is 6.26 Å². The van der Waals surface area contributed by atoms with Gasteiger partial charge in [-0.2, -0.15) is 0 Å². The molecule has 0 aliphatic heterocycles. The Morgan fingerprint density at radius 1 is 1.47 bits per heavy atom. The van der Waals surface area contributed by atoms with Gasteiger partial charge >= 0.3 is 0 Å². The van der Waals surface area contributed by atoms with Gasteiger partial charge in [0.1, 0.15) is 0 Å². The van der Waals surface area contributed by atoms with E-state index >= 15 is 0 Å². The van der Waals surface area contributed by atoms with E-state index in [1.165, 1.54) is 18.2 Å². The number of rotatable bonds is 5. The number of carbonyl (C=O) groups is 1. The molecule has 1 rings (SSSR count). The molecule has 0 heterocycles. The van der Waals surface area contributed by atoms with Crippen LogP contribution >= 0.6 is 11.6 Å². The number of sulfonamides is 1. The minimum atomic E-state index is -3.39. The van der Waals surface area contributed by atoms with E-state index in [2.05, 4.69) is 10.0 Å². The van der Waals surface area contributed by atoms with Crippen LogP contribution in [0.25, 0.3) is 0 Å². The Bertz CT molecular complexity index is 575. The number of nitrogens with one attached hydrogen (secondary N) is 2. The molecule has 1 amide bonds. The van der Waals surface area contributed by atoms with Crippen molar-refractivity contribution in [3.63, 3.8) is 0 Å². The smallest absolute Gasteiger partial charge is 0.241 e. The van der Waals surface area contributed by atoms with Gasteiger partial charge in [0.15, 0.2) is 0 Å². The number of anilines is 2. The van der Waals surface area contributed by atoms with E-state index in [1.54, 1.807) is 6.92 Å². The second kappa shape index (κ2) is 6.23. The first-order valence-electron chi connectivity index (χ1n) is 5.56. The molecule has 0 spiro atoms.